The zero-order valence-electron chi connectivity index (χ0n) is 18.0. The molecule has 0 bridgehead atoms. The van der Waals surface area contributed by atoms with Crippen molar-refractivity contribution in [1.29, 1.82) is 0 Å². The molecule has 0 aliphatic heterocycles. The highest BCUT2D eigenvalue weighted by atomic mass is 32.2. The van der Waals surface area contributed by atoms with E-state index in [1.54, 1.807) is 25.1 Å². The number of hydrogen-bond donors (Lipinski definition) is 2. The fourth-order valence-corrected chi connectivity index (χ4v) is 4.63. The van der Waals surface area contributed by atoms with Crippen LogP contribution in [0.2, 0.25) is 0 Å². The van der Waals surface area contributed by atoms with Crippen LogP contribution in [0.15, 0.2) is 69.0 Å². The number of rotatable bonds is 6. The van der Waals surface area contributed by atoms with E-state index in [0.717, 1.165) is 12.8 Å². The Kier molecular flexibility index (Phi) is 6.14. The van der Waals surface area contributed by atoms with Gasteiger partial charge >= 0.3 is 0 Å². The molecule has 2 N–H and O–H groups in total. The van der Waals surface area contributed by atoms with E-state index in [4.69, 9.17) is 4.42 Å². The fourth-order valence-electron chi connectivity index (χ4n) is 3.78. The Balaban J connectivity index is 1.58. The van der Waals surface area contributed by atoms with Crippen LogP contribution in [0.3, 0.4) is 0 Å². The van der Waals surface area contributed by atoms with Gasteiger partial charge in [-0.25, -0.2) is 0 Å². The molecule has 7 nitrogen and oxygen atoms in total. The lowest BCUT2D eigenvalue weighted by atomic mass is 9.93. The molecule has 1 heterocycles. The molecular weight excluding hydrogens is 426 g/mol. The van der Waals surface area contributed by atoms with E-state index in [-0.39, 0.29) is 16.6 Å². The van der Waals surface area contributed by atoms with E-state index in [9.17, 15) is 13.2 Å². The third kappa shape index (κ3) is 4.45. The van der Waals surface area contributed by atoms with Crippen LogP contribution in [-0.4, -0.2) is 20.0 Å². The molecule has 1 aliphatic carbocycles. The number of carbonyl (C=O) groups is 1. The van der Waals surface area contributed by atoms with E-state index >= 15 is 0 Å². The Labute approximate surface area is 187 Å². The molecule has 0 unspecified atom stereocenters. The van der Waals surface area contributed by atoms with Crippen LogP contribution in [0.5, 0.6) is 0 Å². The summed E-state index contributed by atoms with van der Waals surface area (Å²) in [5.41, 5.74) is 3.80. The molecule has 0 atom stereocenters. The summed E-state index contributed by atoms with van der Waals surface area (Å²) in [4.78, 5) is 15.3. The average molecular weight is 452 g/mol. The molecule has 166 valence electrons. The van der Waals surface area contributed by atoms with Gasteiger partial charge in [-0.05, 0) is 56.0 Å². The highest BCUT2D eigenvalue weighted by Gasteiger charge is 2.28. The highest BCUT2D eigenvalue weighted by molar-refractivity contribution is 7.89. The molecule has 1 aliphatic rings. The van der Waals surface area contributed by atoms with Gasteiger partial charge in [0, 0.05) is 23.2 Å². The third-order valence-corrected chi connectivity index (χ3v) is 6.73. The Bertz CT molecular complexity index is 1260. The second-order valence-electron chi connectivity index (χ2n) is 7.68. The van der Waals surface area contributed by atoms with Crippen LogP contribution in [0.4, 0.5) is 5.69 Å². The van der Waals surface area contributed by atoms with Crippen molar-refractivity contribution in [3.63, 3.8) is 0 Å². The number of amides is 1. The van der Waals surface area contributed by atoms with Gasteiger partial charge in [0.25, 0.3) is 15.9 Å². The van der Waals surface area contributed by atoms with Crippen molar-refractivity contribution in [3.8, 4) is 0 Å². The minimum atomic E-state index is -3.78. The van der Waals surface area contributed by atoms with Gasteiger partial charge in [-0.1, -0.05) is 37.3 Å². The van der Waals surface area contributed by atoms with Crippen LogP contribution >= 0.6 is 0 Å². The highest BCUT2D eigenvalue weighted by Crippen LogP contribution is 2.30. The Morgan fingerprint density at radius 3 is 2.47 bits per heavy atom. The van der Waals surface area contributed by atoms with Crippen molar-refractivity contribution in [2.45, 2.75) is 44.4 Å². The first-order valence-corrected chi connectivity index (χ1v) is 12.0. The molecular formula is C24H25N3O4S. The Hall–Kier alpha value is -3.39. The van der Waals surface area contributed by atoms with E-state index in [1.165, 1.54) is 17.7 Å². The Morgan fingerprint density at radius 2 is 1.78 bits per heavy atom. The summed E-state index contributed by atoms with van der Waals surface area (Å²) in [6, 6.07) is 15.7. The summed E-state index contributed by atoms with van der Waals surface area (Å²) in [6.07, 6.45) is 2.93. The quantitative estimate of drug-likeness (QED) is 0.542. The molecule has 2 aromatic carbocycles. The first-order chi connectivity index (χ1) is 15.4. The van der Waals surface area contributed by atoms with E-state index < -0.39 is 10.0 Å². The second-order valence-corrected chi connectivity index (χ2v) is 9.34. The number of aryl methyl sites for hydroxylation is 2. The van der Waals surface area contributed by atoms with Gasteiger partial charge in [-0.2, -0.15) is 18.4 Å². The van der Waals surface area contributed by atoms with Gasteiger partial charge in [0.1, 0.15) is 5.76 Å². The number of benzene rings is 2. The third-order valence-electron chi connectivity index (χ3n) is 5.51. The lowest BCUT2D eigenvalue weighted by Gasteiger charge is -2.14. The molecule has 0 saturated carbocycles. The average Bonchev–Trinajstić information content (AvgIpc) is 3.16. The first kappa shape index (κ1) is 21.8. The number of hydrogen-bond acceptors (Lipinski definition) is 5. The van der Waals surface area contributed by atoms with Crippen molar-refractivity contribution in [3.05, 3.63) is 82.8 Å². The number of furan rings is 1. The lowest BCUT2D eigenvalue weighted by molar-refractivity contribution is 0.0994. The largest absolute Gasteiger partial charge is 0.455 e. The van der Waals surface area contributed by atoms with Crippen molar-refractivity contribution in [1.82, 2.24) is 4.83 Å². The van der Waals surface area contributed by atoms with Crippen molar-refractivity contribution >= 4 is 27.3 Å². The van der Waals surface area contributed by atoms with E-state index in [0.29, 0.717) is 41.1 Å². The normalized spacial score (nSPS) is 14.8. The first-order valence-electron chi connectivity index (χ1n) is 10.6. The molecule has 0 spiro atoms. The summed E-state index contributed by atoms with van der Waals surface area (Å²) < 4.78 is 30.9. The lowest BCUT2D eigenvalue weighted by Crippen LogP contribution is -2.22. The minimum Gasteiger partial charge on any atom is -0.455 e. The van der Waals surface area contributed by atoms with Gasteiger partial charge in [0.05, 0.1) is 10.6 Å². The predicted molar refractivity (Wildman–Crippen MR) is 123 cm³/mol. The molecule has 0 radical (unpaired) electrons. The molecule has 1 aromatic heterocycles. The molecule has 4 rings (SSSR count). The van der Waals surface area contributed by atoms with Crippen LogP contribution in [-0.2, 0) is 22.9 Å². The number of anilines is 1. The maximum absolute atomic E-state index is 12.9. The topological polar surface area (TPSA) is 101 Å². The van der Waals surface area contributed by atoms with E-state index in [2.05, 4.69) is 22.2 Å². The molecule has 1 amide bonds. The fraction of sp³-hybridized carbons (Fsp3) is 0.250. The molecule has 0 saturated heterocycles. The minimum absolute atomic E-state index is 0.137. The summed E-state index contributed by atoms with van der Waals surface area (Å²) in [7, 11) is -3.78. The van der Waals surface area contributed by atoms with Crippen LogP contribution in [0.25, 0.3) is 0 Å². The van der Waals surface area contributed by atoms with Gasteiger partial charge < -0.3 is 9.73 Å². The number of fused-ring (bicyclic) bond motifs is 1. The number of nitrogens with zero attached hydrogens (tertiary/aromatic N) is 1. The number of carbonyl (C=O) groups excluding carboxylic acids is 1. The second kappa shape index (κ2) is 9.00. The van der Waals surface area contributed by atoms with Gasteiger partial charge in [0.2, 0.25) is 0 Å². The molecule has 3 aromatic rings. The van der Waals surface area contributed by atoms with Crippen molar-refractivity contribution < 1.29 is 17.6 Å². The summed E-state index contributed by atoms with van der Waals surface area (Å²) >= 11 is 0. The summed E-state index contributed by atoms with van der Waals surface area (Å²) in [5.74, 6) is 0.526. The number of nitrogens with one attached hydrogen (secondary N) is 2. The zero-order chi connectivity index (χ0) is 22.7. The zero-order valence-corrected chi connectivity index (χ0v) is 18.8. The summed E-state index contributed by atoms with van der Waals surface area (Å²) in [5, 5.41) is 7.06. The standard InChI is InChI=1S/C24H25N3O4S/c1-3-17-12-14-18(15-13-17)25-24(28)23-16(2)22-20(10-7-11-21(22)31-23)26-27-32(29,30)19-8-5-4-6-9-19/h4-6,8-9,12-15,27H,3,7,10-11H2,1-2H3,(H,25,28)/b26-20+. The summed E-state index contributed by atoms with van der Waals surface area (Å²) in [6.45, 7) is 3.87. The van der Waals surface area contributed by atoms with Gasteiger partial charge in [-0.3, -0.25) is 4.79 Å². The molecule has 32 heavy (non-hydrogen) atoms. The van der Waals surface area contributed by atoms with Gasteiger partial charge in [0.15, 0.2) is 5.76 Å². The predicted octanol–water partition coefficient (Wildman–Crippen LogP) is 4.42. The smallest absolute Gasteiger partial charge is 0.291 e. The van der Waals surface area contributed by atoms with Crippen LogP contribution in [0, 0.1) is 6.92 Å². The van der Waals surface area contributed by atoms with Crippen molar-refractivity contribution in [2.24, 2.45) is 5.10 Å². The number of sulfonamides is 1. The SMILES string of the molecule is CCc1ccc(NC(=O)c2oc3c(c2C)/C(=N/NS(=O)(=O)c2ccccc2)CCC3)cc1. The van der Waals surface area contributed by atoms with Crippen LogP contribution in [0.1, 0.15) is 52.8 Å². The van der Waals surface area contributed by atoms with E-state index in [1.807, 2.05) is 24.3 Å². The van der Waals surface area contributed by atoms with Crippen LogP contribution < -0.4 is 10.1 Å². The maximum Gasteiger partial charge on any atom is 0.291 e. The van der Waals surface area contributed by atoms with Crippen molar-refractivity contribution in [2.75, 3.05) is 5.32 Å². The monoisotopic (exact) mass is 451 g/mol. The Morgan fingerprint density at radius 1 is 1.06 bits per heavy atom. The van der Waals surface area contributed by atoms with Gasteiger partial charge in [-0.15, -0.1) is 0 Å². The number of hydrazone groups is 1. The molecule has 0 fully saturated rings. The molecule has 8 heteroatoms. The maximum atomic E-state index is 12.9.